The van der Waals surface area contributed by atoms with Crippen molar-refractivity contribution < 1.29 is 4.79 Å². The lowest BCUT2D eigenvalue weighted by molar-refractivity contribution is 0.197. The fourth-order valence-corrected chi connectivity index (χ4v) is 3.80. The van der Waals surface area contributed by atoms with Crippen molar-refractivity contribution >= 4 is 17.8 Å². The largest absolute Gasteiger partial charge is 0.363 e. The summed E-state index contributed by atoms with van der Waals surface area (Å²) in [6.07, 6.45) is 10.4. The molecule has 2 fully saturated rings. The van der Waals surface area contributed by atoms with Gasteiger partial charge in [-0.05, 0) is 31.2 Å². The van der Waals surface area contributed by atoms with Crippen molar-refractivity contribution in [1.82, 2.24) is 14.9 Å². The van der Waals surface area contributed by atoms with Gasteiger partial charge in [0.2, 0.25) is 5.95 Å². The Morgan fingerprint density at radius 3 is 2.83 bits per heavy atom. The highest BCUT2D eigenvalue weighted by atomic mass is 16.2. The van der Waals surface area contributed by atoms with Gasteiger partial charge in [0, 0.05) is 32.9 Å². The van der Waals surface area contributed by atoms with Crippen molar-refractivity contribution in [3.63, 3.8) is 0 Å². The molecule has 6 heteroatoms. The standard InChI is InChI=1S/C17H27N5O/c1-21(2)15-9-10-18-16(19-15)20-17(23)22-11-5-8-14(22)12-13-6-3-4-7-13/h9-10,13-14H,3-8,11-12H2,1-2H3,(H,18,19,20,23)/t14-/m1/s1. The predicted molar refractivity (Wildman–Crippen MR) is 91.7 cm³/mol. The van der Waals surface area contributed by atoms with E-state index in [0.29, 0.717) is 12.0 Å². The molecule has 2 heterocycles. The van der Waals surface area contributed by atoms with Crippen molar-refractivity contribution in [1.29, 1.82) is 0 Å². The Hall–Kier alpha value is -1.85. The van der Waals surface area contributed by atoms with E-state index < -0.39 is 0 Å². The van der Waals surface area contributed by atoms with Gasteiger partial charge in [-0.25, -0.2) is 9.78 Å². The molecule has 1 aromatic heterocycles. The summed E-state index contributed by atoms with van der Waals surface area (Å²) in [7, 11) is 3.85. The molecule has 0 spiro atoms. The fraction of sp³-hybridized carbons (Fsp3) is 0.706. The van der Waals surface area contributed by atoms with Crippen LogP contribution in [0.1, 0.15) is 44.9 Å². The van der Waals surface area contributed by atoms with Crippen molar-refractivity contribution in [2.75, 3.05) is 30.9 Å². The molecule has 1 N–H and O–H groups in total. The zero-order valence-electron chi connectivity index (χ0n) is 14.2. The van der Waals surface area contributed by atoms with Crippen LogP contribution < -0.4 is 10.2 Å². The minimum absolute atomic E-state index is 0.0543. The van der Waals surface area contributed by atoms with Crippen LogP contribution in [-0.4, -0.2) is 47.6 Å². The Balaban J connectivity index is 1.61. The van der Waals surface area contributed by atoms with E-state index in [1.807, 2.05) is 30.0 Å². The van der Waals surface area contributed by atoms with Gasteiger partial charge in [-0.1, -0.05) is 25.7 Å². The summed E-state index contributed by atoms with van der Waals surface area (Å²) in [6, 6.07) is 2.16. The Kier molecular flexibility index (Phi) is 4.98. The summed E-state index contributed by atoms with van der Waals surface area (Å²) in [5.74, 6) is 1.98. The molecule has 1 aliphatic heterocycles. The highest BCUT2D eigenvalue weighted by Gasteiger charge is 2.31. The minimum atomic E-state index is -0.0543. The third-order valence-corrected chi connectivity index (χ3v) is 5.04. The highest BCUT2D eigenvalue weighted by Crippen LogP contribution is 2.33. The number of nitrogens with zero attached hydrogens (tertiary/aromatic N) is 4. The number of amides is 2. The number of carbonyl (C=O) groups is 1. The predicted octanol–water partition coefficient (Wildman–Crippen LogP) is 3.12. The minimum Gasteiger partial charge on any atom is -0.363 e. The first kappa shape index (κ1) is 16.0. The molecule has 2 amide bonds. The molecule has 1 saturated heterocycles. The summed E-state index contributed by atoms with van der Waals surface area (Å²) >= 11 is 0. The van der Waals surface area contributed by atoms with Crippen molar-refractivity contribution in [3.8, 4) is 0 Å². The van der Waals surface area contributed by atoms with E-state index in [-0.39, 0.29) is 6.03 Å². The van der Waals surface area contributed by atoms with E-state index >= 15 is 0 Å². The average Bonchev–Trinajstić information content (AvgIpc) is 3.19. The summed E-state index contributed by atoms with van der Waals surface area (Å²) in [5, 5.41) is 2.87. The van der Waals surface area contributed by atoms with Gasteiger partial charge in [-0.2, -0.15) is 4.98 Å². The molecule has 1 atom stereocenters. The molecule has 0 radical (unpaired) electrons. The molecule has 1 aromatic rings. The Morgan fingerprint density at radius 1 is 1.30 bits per heavy atom. The van der Waals surface area contributed by atoms with Crippen LogP contribution in [0.15, 0.2) is 12.3 Å². The van der Waals surface area contributed by atoms with Crippen LogP contribution >= 0.6 is 0 Å². The SMILES string of the molecule is CN(C)c1ccnc(NC(=O)N2CCC[C@@H]2CC2CCCC2)n1. The molecule has 1 saturated carbocycles. The van der Waals surface area contributed by atoms with Crippen LogP contribution in [0.5, 0.6) is 0 Å². The topological polar surface area (TPSA) is 61.4 Å². The monoisotopic (exact) mass is 317 g/mol. The van der Waals surface area contributed by atoms with E-state index in [2.05, 4.69) is 15.3 Å². The molecule has 0 bridgehead atoms. The van der Waals surface area contributed by atoms with E-state index in [1.165, 1.54) is 25.7 Å². The number of hydrogen-bond donors (Lipinski definition) is 1. The normalized spacial score (nSPS) is 21.7. The number of aromatic nitrogens is 2. The number of anilines is 2. The summed E-state index contributed by atoms with van der Waals surface area (Å²) in [6.45, 7) is 0.844. The number of likely N-dealkylation sites (tertiary alicyclic amines) is 1. The van der Waals surface area contributed by atoms with Gasteiger partial charge in [0.05, 0.1) is 0 Å². The number of nitrogens with one attached hydrogen (secondary N) is 1. The van der Waals surface area contributed by atoms with Gasteiger partial charge < -0.3 is 9.80 Å². The molecule has 0 aromatic carbocycles. The Morgan fingerprint density at radius 2 is 2.09 bits per heavy atom. The van der Waals surface area contributed by atoms with Crippen LogP contribution in [-0.2, 0) is 0 Å². The zero-order valence-corrected chi connectivity index (χ0v) is 14.2. The first-order chi connectivity index (χ1) is 11.1. The third kappa shape index (κ3) is 3.92. The maximum absolute atomic E-state index is 12.6. The van der Waals surface area contributed by atoms with Gasteiger partial charge in [-0.3, -0.25) is 5.32 Å². The molecule has 2 aliphatic rings. The summed E-state index contributed by atoms with van der Waals surface area (Å²) in [5.41, 5.74) is 0. The van der Waals surface area contributed by atoms with E-state index in [0.717, 1.165) is 37.5 Å². The summed E-state index contributed by atoms with van der Waals surface area (Å²) in [4.78, 5) is 25.0. The number of hydrogen-bond acceptors (Lipinski definition) is 4. The lowest BCUT2D eigenvalue weighted by Gasteiger charge is -2.26. The average molecular weight is 317 g/mol. The van der Waals surface area contributed by atoms with Gasteiger partial charge in [0.1, 0.15) is 5.82 Å². The molecule has 1 aliphatic carbocycles. The molecule has 126 valence electrons. The van der Waals surface area contributed by atoms with E-state index in [9.17, 15) is 4.79 Å². The van der Waals surface area contributed by atoms with Gasteiger partial charge in [0.25, 0.3) is 0 Å². The quantitative estimate of drug-likeness (QED) is 0.927. The molecule has 6 nitrogen and oxygen atoms in total. The maximum atomic E-state index is 12.6. The number of rotatable bonds is 4. The maximum Gasteiger partial charge on any atom is 0.324 e. The van der Waals surface area contributed by atoms with Crippen molar-refractivity contribution in [3.05, 3.63) is 12.3 Å². The molecular formula is C17H27N5O. The second-order valence-electron chi connectivity index (χ2n) is 6.94. The lowest BCUT2D eigenvalue weighted by Crippen LogP contribution is -2.39. The molecule has 23 heavy (non-hydrogen) atoms. The van der Waals surface area contributed by atoms with Crippen LogP contribution in [0, 0.1) is 5.92 Å². The van der Waals surface area contributed by atoms with Crippen molar-refractivity contribution in [2.45, 2.75) is 51.0 Å². The van der Waals surface area contributed by atoms with E-state index in [4.69, 9.17) is 0 Å². The Bertz CT molecular complexity index is 542. The second kappa shape index (κ2) is 7.15. The highest BCUT2D eigenvalue weighted by molar-refractivity contribution is 5.88. The van der Waals surface area contributed by atoms with Crippen molar-refractivity contribution in [2.24, 2.45) is 5.92 Å². The first-order valence-electron chi connectivity index (χ1n) is 8.71. The smallest absolute Gasteiger partial charge is 0.324 e. The summed E-state index contributed by atoms with van der Waals surface area (Å²) < 4.78 is 0. The second-order valence-corrected chi connectivity index (χ2v) is 6.94. The number of urea groups is 1. The number of carbonyl (C=O) groups excluding carboxylic acids is 1. The molecule has 0 unspecified atom stereocenters. The van der Waals surface area contributed by atoms with Crippen LogP contribution in [0.25, 0.3) is 0 Å². The fourth-order valence-electron chi connectivity index (χ4n) is 3.80. The van der Waals surface area contributed by atoms with E-state index in [1.54, 1.807) is 6.20 Å². The van der Waals surface area contributed by atoms with Crippen LogP contribution in [0.4, 0.5) is 16.6 Å². The van der Waals surface area contributed by atoms with Gasteiger partial charge >= 0.3 is 6.03 Å². The van der Waals surface area contributed by atoms with Gasteiger partial charge in [0.15, 0.2) is 0 Å². The molecule has 3 rings (SSSR count). The molecular weight excluding hydrogens is 290 g/mol. The van der Waals surface area contributed by atoms with Crippen LogP contribution in [0.2, 0.25) is 0 Å². The third-order valence-electron chi connectivity index (χ3n) is 5.04. The first-order valence-corrected chi connectivity index (χ1v) is 8.71. The van der Waals surface area contributed by atoms with Gasteiger partial charge in [-0.15, -0.1) is 0 Å². The zero-order chi connectivity index (χ0) is 16.2. The lowest BCUT2D eigenvalue weighted by atomic mass is 9.97. The Labute approximate surface area is 138 Å². The van der Waals surface area contributed by atoms with Crippen LogP contribution in [0.3, 0.4) is 0 Å².